The van der Waals surface area contributed by atoms with E-state index < -0.39 is 6.17 Å². The van der Waals surface area contributed by atoms with E-state index in [2.05, 4.69) is 4.90 Å². The number of nitrogens with two attached hydrogens (primary N) is 1. The molecule has 1 saturated heterocycles. The first-order valence-electron chi connectivity index (χ1n) is 3.89. The van der Waals surface area contributed by atoms with Gasteiger partial charge < -0.3 is 10.6 Å². The van der Waals surface area contributed by atoms with Gasteiger partial charge in [-0.15, -0.1) is 24.8 Å². The summed E-state index contributed by atoms with van der Waals surface area (Å²) in [5.41, 5.74) is 5.32. The monoisotopic (exact) mass is 218 g/mol. The maximum absolute atomic E-state index is 12.5. The van der Waals surface area contributed by atoms with Crippen LogP contribution in [-0.4, -0.2) is 37.3 Å². The first-order chi connectivity index (χ1) is 4.83. The van der Waals surface area contributed by atoms with Gasteiger partial charge in [-0.25, -0.2) is 4.39 Å². The molecule has 1 aliphatic heterocycles. The van der Waals surface area contributed by atoms with Crippen LogP contribution in [0, 0.1) is 0 Å². The van der Waals surface area contributed by atoms with E-state index in [4.69, 9.17) is 5.73 Å². The molecule has 76 valence electrons. The normalized spacial score (nSPS) is 23.0. The molecule has 0 aromatic carbocycles. The summed E-state index contributed by atoms with van der Waals surface area (Å²) >= 11 is 0. The van der Waals surface area contributed by atoms with Crippen molar-refractivity contribution in [3.63, 3.8) is 0 Å². The third kappa shape index (κ3) is 5.14. The number of halogens is 3. The van der Waals surface area contributed by atoms with Gasteiger partial charge in [-0.05, 0) is 25.9 Å². The van der Waals surface area contributed by atoms with Crippen LogP contribution in [-0.2, 0) is 0 Å². The van der Waals surface area contributed by atoms with Crippen LogP contribution in [0.4, 0.5) is 4.39 Å². The smallest absolute Gasteiger partial charge is 0.114 e. The summed E-state index contributed by atoms with van der Waals surface area (Å²) in [4.78, 5) is 2.14. The Bertz CT molecular complexity index is 105. The molecule has 2 nitrogen and oxygen atoms in total. The molecule has 1 atom stereocenters. The highest BCUT2D eigenvalue weighted by molar-refractivity contribution is 5.85. The van der Waals surface area contributed by atoms with Crippen molar-refractivity contribution in [2.24, 2.45) is 5.73 Å². The van der Waals surface area contributed by atoms with E-state index in [-0.39, 0.29) is 24.8 Å². The van der Waals surface area contributed by atoms with Crippen molar-refractivity contribution in [2.45, 2.75) is 19.0 Å². The van der Waals surface area contributed by atoms with E-state index >= 15 is 0 Å². The Labute approximate surface area is 85.5 Å². The zero-order chi connectivity index (χ0) is 7.40. The minimum atomic E-state index is -0.585. The fraction of sp³-hybridized carbons (Fsp3) is 1.00. The molecule has 0 amide bonds. The predicted octanol–water partition coefficient (Wildman–Crippen LogP) is 1.22. The van der Waals surface area contributed by atoms with Crippen LogP contribution in [0.3, 0.4) is 0 Å². The highest BCUT2D eigenvalue weighted by Gasteiger charge is 2.20. The lowest BCUT2D eigenvalue weighted by molar-refractivity contribution is 0.286. The lowest BCUT2D eigenvalue weighted by atomic mass is 10.3. The zero-order valence-electron chi connectivity index (χ0n) is 7.04. The highest BCUT2D eigenvalue weighted by atomic mass is 35.5. The minimum Gasteiger partial charge on any atom is -0.330 e. The molecular formula is C7H17Cl2FN2. The first-order valence-corrected chi connectivity index (χ1v) is 3.89. The van der Waals surface area contributed by atoms with Crippen LogP contribution < -0.4 is 5.73 Å². The predicted molar refractivity (Wildman–Crippen MR) is 54.1 cm³/mol. The zero-order valence-corrected chi connectivity index (χ0v) is 8.67. The molecule has 0 saturated carbocycles. The summed E-state index contributed by atoms with van der Waals surface area (Å²) in [6, 6.07) is 0. The Morgan fingerprint density at radius 2 is 2.08 bits per heavy atom. The second-order valence-electron chi connectivity index (χ2n) is 2.83. The van der Waals surface area contributed by atoms with E-state index in [1.807, 2.05) is 0 Å². The van der Waals surface area contributed by atoms with Crippen LogP contribution in [0.15, 0.2) is 0 Å². The van der Waals surface area contributed by atoms with E-state index in [0.29, 0.717) is 19.5 Å². The van der Waals surface area contributed by atoms with Gasteiger partial charge in [0.1, 0.15) is 6.17 Å². The molecular weight excluding hydrogens is 202 g/mol. The number of nitrogens with zero attached hydrogens (tertiary/aromatic N) is 1. The third-order valence-electron chi connectivity index (χ3n) is 1.89. The van der Waals surface area contributed by atoms with Crippen LogP contribution >= 0.6 is 24.8 Å². The molecule has 5 heteroatoms. The van der Waals surface area contributed by atoms with Crippen molar-refractivity contribution >= 4 is 24.8 Å². The van der Waals surface area contributed by atoms with Crippen molar-refractivity contribution in [1.29, 1.82) is 0 Å². The van der Waals surface area contributed by atoms with Gasteiger partial charge in [0.15, 0.2) is 0 Å². The quantitative estimate of drug-likeness (QED) is 0.773. The third-order valence-corrected chi connectivity index (χ3v) is 1.89. The molecule has 1 unspecified atom stereocenters. The number of likely N-dealkylation sites (tertiary alicyclic amines) is 1. The Morgan fingerprint density at radius 3 is 2.50 bits per heavy atom. The Hall–Kier alpha value is 0.430. The van der Waals surface area contributed by atoms with E-state index in [0.717, 1.165) is 19.5 Å². The lowest BCUT2D eigenvalue weighted by Crippen LogP contribution is -2.23. The fourth-order valence-electron chi connectivity index (χ4n) is 1.30. The van der Waals surface area contributed by atoms with Gasteiger partial charge in [0.05, 0.1) is 0 Å². The lowest BCUT2D eigenvalue weighted by Gasteiger charge is -2.12. The minimum absolute atomic E-state index is 0. The molecule has 1 rings (SSSR count). The van der Waals surface area contributed by atoms with Crippen molar-refractivity contribution in [1.82, 2.24) is 4.90 Å². The number of rotatable bonds is 3. The molecule has 0 aromatic heterocycles. The van der Waals surface area contributed by atoms with Crippen LogP contribution in [0.25, 0.3) is 0 Å². The largest absolute Gasteiger partial charge is 0.330 e. The first kappa shape index (κ1) is 14.9. The van der Waals surface area contributed by atoms with E-state index in [1.54, 1.807) is 0 Å². The molecule has 1 fully saturated rings. The summed E-state index contributed by atoms with van der Waals surface area (Å²) in [6.45, 7) is 3.23. The molecule has 0 aliphatic carbocycles. The fourth-order valence-corrected chi connectivity index (χ4v) is 1.30. The maximum atomic E-state index is 12.5. The molecule has 0 spiro atoms. The standard InChI is InChI=1S/C7H15FN2.2ClH/c8-7-2-5-10(6-7)4-1-3-9;;/h7H,1-6,9H2;2*1H. The Morgan fingerprint density at radius 1 is 1.42 bits per heavy atom. The molecule has 0 aromatic rings. The Kier molecular flexibility index (Phi) is 10.0. The van der Waals surface area contributed by atoms with E-state index in [9.17, 15) is 4.39 Å². The average molecular weight is 219 g/mol. The second-order valence-corrected chi connectivity index (χ2v) is 2.83. The van der Waals surface area contributed by atoms with Gasteiger partial charge in [-0.3, -0.25) is 0 Å². The Balaban J connectivity index is 0. The number of hydrogen-bond acceptors (Lipinski definition) is 2. The number of alkyl halides is 1. The average Bonchev–Trinajstić information content (AvgIpc) is 2.31. The van der Waals surface area contributed by atoms with Crippen molar-refractivity contribution in [3.05, 3.63) is 0 Å². The molecule has 1 aliphatic rings. The summed E-state index contributed by atoms with van der Waals surface area (Å²) in [6.07, 6.45) is 1.12. The van der Waals surface area contributed by atoms with Gasteiger partial charge in [-0.2, -0.15) is 0 Å². The van der Waals surface area contributed by atoms with E-state index in [1.165, 1.54) is 0 Å². The molecule has 0 bridgehead atoms. The molecule has 12 heavy (non-hydrogen) atoms. The molecule has 1 heterocycles. The van der Waals surface area contributed by atoms with Gasteiger partial charge in [0.2, 0.25) is 0 Å². The SMILES string of the molecule is Cl.Cl.NCCCN1CCC(F)C1. The topological polar surface area (TPSA) is 29.3 Å². The van der Waals surface area contributed by atoms with Gasteiger partial charge in [-0.1, -0.05) is 0 Å². The van der Waals surface area contributed by atoms with Gasteiger partial charge in [0.25, 0.3) is 0 Å². The molecule has 2 N–H and O–H groups in total. The highest BCUT2D eigenvalue weighted by Crippen LogP contribution is 2.11. The van der Waals surface area contributed by atoms with Gasteiger partial charge >= 0.3 is 0 Å². The van der Waals surface area contributed by atoms with Crippen molar-refractivity contribution < 1.29 is 4.39 Å². The van der Waals surface area contributed by atoms with Crippen molar-refractivity contribution in [3.8, 4) is 0 Å². The summed E-state index contributed by atoms with van der Waals surface area (Å²) in [5, 5.41) is 0. The summed E-state index contributed by atoms with van der Waals surface area (Å²) in [5.74, 6) is 0. The van der Waals surface area contributed by atoms with Crippen LogP contribution in [0.5, 0.6) is 0 Å². The summed E-state index contributed by atoms with van der Waals surface area (Å²) < 4.78 is 12.5. The maximum Gasteiger partial charge on any atom is 0.114 e. The number of hydrogen-bond donors (Lipinski definition) is 1. The van der Waals surface area contributed by atoms with Gasteiger partial charge in [0, 0.05) is 13.1 Å². The summed E-state index contributed by atoms with van der Waals surface area (Å²) in [7, 11) is 0. The van der Waals surface area contributed by atoms with Crippen molar-refractivity contribution in [2.75, 3.05) is 26.2 Å². The molecule has 0 radical (unpaired) electrons. The van der Waals surface area contributed by atoms with Crippen LogP contribution in [0.1, 0.15) is 12.8 Å². The second kappa shape index (κ2) is 8.05. The van der Waals surface area contributed by atoms with Crippen LogP contribution in [0.2, 0.25) is 0 Å².